The van der Waals surface area contributed by atoms with Crippen LogP contribution >= 0.6 is 11.8 Å². The van der Waals surface area contributed by atoms with E-state index < -0.39 is 12.0 Å². The summed E-state index contributed by atoms with van der Waals surface area (Å²) in [5.74, 6) is -0.886. The van der Waals surface area contributed by atoms with Crippen molar-refractivity contribution in [2.45, 2.75) is 23.5 Å². The zero-order valence-corrected chi connectivity index (χ0v) is 12.2. The molecular formula is C14H16N2O3S. The van der Waals surface area contributed by atoms with Crippen LogP contribution in [0.4, 0.5) is 5.69 Å². The van der Waals surface area contributed by atoms with Gasteiger partial charge in [-0.2, -0.15) is 5.26 Å². The number of hydrogen-bond donors (Lipinski definition) is 1. The normalized spacial score (nSPS) is 21.8. The van der Waals surface area contributed by atoms with Crippen molar-refractivity contribution in [1.29, 1.82) is 5.26 Å². The number of carboxylic acids is 1. The number of nitrogens with zero attached hydrogens (tertiary/aromatic N) is 2. The Kier molecular flexibility index (Phi) is 4.53. The summed E-state index contributed by atoms with van der Waals surface area (Å²) >= 11 is 1.48. The van der Waals surface area contributed by atoms with Gasteiger partial charge in [0.05, 0.1) is 17.4 Å². The van der Waals surface area contributed by atoms with Crippen LogP contribution in [0, 0.1) is 11.3 Å². The van der Waals surface area contributed by atoms with Gasteiger partial charge >= 0.3 is 5.97 Å². The molecule has 0 amide bonds. The van der Waals surface area contributed by atoms with Crippen LogP contribution in [0.5, 0.6) is 0 Å². The number of anilines is 1. The summed E-state index contributed by atoms with van der Waals surface area (Å²) < 4.78 is 5.28. The minimum atomic E-state index is -0.886. The van der Waals surface area contributed by atoms with E-state index in [1.807, 2.05) is 18.4 Å². The van der Waals surface area contributed by atoms with E-state index in [1.165, 1.54) is 11.8 Å². The highest BCUT2D eigenvalue weighted by atomic mass is 32.2. The first-order valence-electron chi connectivity index (χ1n) is 6.21. The van der Waals surface area contributed by atoms with Gasteiger partial charge in [0.1, 0.15) is 12.1 Å². The first kappa shape index (κ1) is 14.7. The maximum atomic E-state index is 11.4. The van der Waals surface area contributed by atoms with Gasteiger partial charge in [-0.05, 0) is 18.4 Å². The minimum Gasteiger partial charge on any atom is -0.480 e. The van der Waals surface area contributed by atoms with Gasteiger partial charge in [0.2, 0.25) is 0 Å². The minimum absolute atomic E-state index is 0.124. The van der Waals surface area contributed by atoms with Gasteiger partial charge in [0.15, 0.2) is 0 Å². The summed E-state index contributed by atoms with van der Waals surface area (Å²) in [4.78, 5) is 14.0. The summed E-state index contributed by atoms with van der Waals surface area (Å²) in [6, 6.07) is 7.05. The molecule has 5 nitrogen and oxygen atoms in total. The van der Waals surface area contributed by atoms with Gasteiger partial charge in [-0.25, -0.2) is 4.79 Å². The Hall–Kier alpha value is -1.71. The third kappa shape index (κ3) is 2.60. The van der Waals surface area contributed by atoms with Crippen molar-refractivity contribution < 1.29 is 14.6 Å². The Labute approximate surface area is 122 Å². The SMILES string of the molecule is COC1CC(C(=O)O)N(c2cccc(SC)c2C#N)C1. The molecule has 2 atom stereocenters. The number of rotatable bonds is 4. The lowest BCUT2D eigenvalue weighted by molar-refractivity contribution is -0.138. The molecule has 1 aromatic carbocycles. The number of thioether (sulfide) groups is 1. The second kappa shape index (κ2) is 6.16. The summed E-state index contributed by atoms with van der Waals surface area (Å²) in [5.41, 5.74) is 1.20. The van der Waals surface area contributed by atoms with Crippen molar-refractivity contribution in [3.63, 3.8) is 0 Å². The fraction of sp³-hybridized carbons (Fsp3) is 0.429. The number of nitriles is 1. The van der Waals surface area contributed by atoms with Crippen LogP contribution in [-0.2, 0) is 9.53 Å². The molecule has 1 aliphatic rings. The van der Waals surface area contributed by atoms with Gasteiger partial charge in [-0.15, -0.1) is 11.8 Å². The van der Waals surface area contributed by atoms with Crippen molar-refractivity contribution in [3.8, 4) is 6.07 Å². The molecule has 0 aliphatic carbocycles. The molecule has 1 aliphatic heterocycles. The lowest BCUT2D eigenvalue weighted by Gasteiger charge is -2.25. The van der Waals surface area contributed by atoms with E-state index in [1.54, 1.807) is 18.1 Å². The predicted molar refractivity (Wildman–Crippen MR) is 77.1 cm³/mol. The van der Waals surface area contributed by atoms with Gasteiger partial charge in [-0.3, -0.25) is 0 Å². The number of carboxylic acid groups (broad SMARTS) is 1. The second-order valence-corrected chi connectivity index (χ2v) is 5.41. The van der Waals surface area contributed by atoms with Crippen LogP contribution in [0.25, 0.3) is 0 Å². The molecule has 0 radical (unpaired) electrons. The Balaban J connectivity index is 2.44. The topological polar surface area (TPSA) is 73.6 Å². The monoisotopic (exact) mass is 292 g/mol. The smallest absolute Gasteiger partial charge is 0.326 e. The average molecular weight is 292 g/mol. The van der Waals surface area contributed by atoms with Crippen molar-refractivity contribution in [2.24, 2.45) is 0 Å². The number of aliphatic carboxylic acids is 1. The van der Waals surface area contributed by atoms with Gasteiger partial charge in [0.25, 0.3) is 0 Å². The highest BCUT2D eigenvalue weighted by Crippen LogP contribution is 2.34. The molecule has 2 unspecified atom stereocenters. The highest BCUT2D eigenvalue weighted by Gasteiger charge is 2.38. The van der Waals surface area contributed by atoms with Crippen LogP contribution in [0.2, 0.25) is 0 Å². The Morgan fingerprint density at radius 3 is 2.90 bits per heavy atom. The third-order valence-electron chi connectivity index (χ3n) is 3.53. The van der Waals surface area contributed by atoms with Crippen molar-refractivity contribution in [3.05, 3.63) is 23.8 Å². The molecular weight excluding hydrogens is 276 g/mol. The number of ether oxygens (including phenoxy) is 1. The third-order valence-corrected chi connectivity index (χ3v) is 4.31. The molecule has 1 N–H and O–H groups in total. The summed E-state index contributed by atoms with van der Waals surface area (Å²) in [7, 11) is 1.58. The first-order chi connectivity index (χ1) is 9.62. The lowest BCUT2D eigenvalue weighted by Crippen LogP contribution is -2.36. The molecule has 1 saturated heterocycles. The fourth-order valence-electron chi connectivity index (χ4n) is 2.51. The van der Waals surface area contributed by atoms with E-state index in [2.05, 4.69) is 6.07 Å². The Morgan fingerprint density at radius 1 is 1.60 bits per heavy atom. The van der Waals surface area contributed by atoms with Gasteiger partial charge < -0.3 is 14.7 Å². The molecule has 0 spiro atoms. The van der Waals surface area contributed by atoms with E-state index in [4.69, 9.17) is 4.74 Å². The number of methoxy groups -OCH3 is 1. The lowest BCUT2D eigenvalue weighted by atomic mass is 10.1. The second-order valence-electron chi connectivity index (χ2n) is 4.57. The maximum Gasteiger partial charge on any atom is 0.326 e. The molecule has 1 aromatic rings. The summed E-state index contributed by atoms with van der Waals surface area (Å²) in [6.07, 6.45) is 2.21. The van der Waals surface area contributed by atoms with E-state index in [-0.39, 0.29) is 6.10 Å². The van der Waals surface area contributed by atoms with Crippen LogP contribution in [0.1, 0.15) is 12.0 Å². The zero-order chi connectivity index (χ0) is 14.7. The zero-order valence-electron chi connectivity index (χ0n) is 11.4. The van der Waals surface area contributed by atoms with Crippen molar-refractivity contribution >= 4 is 23.4 Å². The Bertz CT molecular complexity index is 556. The molecule has 0 bridgehead atoms. The predicted octanol–water partition coefficient (Wildman–Crippen LogP) is 1.96. The molecule has 2 rings (SSSR count). The first-order valence-corrected chi connectivity index (χ1v) is 7.44. The number of hydrogen-bond acceptors (Lipinski definition) is 5. The summed E-state index contributed by atoms with van der Waals surface area (Å²) in [6.45, 7) is 0.486. The maximum absolute atomic E-state index is 11.4. The van der Waals surface area contributed by atoms with E-state index in [9.17, 15) is 15.2 Å². The molecule has 1 fully saturated rings. The molecule has 106 valence electrons. The quantitative estimate of drug-likeness (QED) is 0.855. The van der Waals surface area contributed by atoms with Crippen LogP contribution < -0.4 is 4.90 Å². The summed E-state index contributed by atoms with van der Waals surface area (Å²) in [5, 5.41) is 18.7. The standard InChI is InChI=1S/C14H16N2O3S/c1-19-9-6-12(14(17)18)16(8-9)11-4-3-5-13(20-2)10(11)7-15/h3-5,9,12H,6,8H2,1-2H3,(H,17,18). The van der Waals surface area contributed by atoms with Crippen LogP contribution in [-0.4, -0.2) is 43.1 Å². The fourth-order valence-corrected chi connectivity index (χ4v) is 3.08. The van der Waals surface area contributed by atoms with Gasteiger partial charge in [0, 0.05) is 25.0 Å². The Morgan fingerprint density at radius 2 is 2.35 bits per heavy atom. The molecule has 0 aromatic heterocycles. The van der Waals surface area contributed by atoms with Crippen molar-refractivity contribution in [1.82, 2.24) is 0 Å². The molecule has 20 heavy (non-hydrogen) atoms. The van der Waals surface area contributed by atoms with Crippen LogP contribution in [0.3, 0.4) is 0 Å². The molecule has 1 heterocycles. The molecule has 0 saturated carbocycles. The number of benzene rings is 1. The largest absolute Gasteiger partial charge is 0.480 e. The molecule has 6 heteroatoms. The van der Waals surface area contributed by atoms with E-state index in [0.717, 1.165) is 4.90 Å². The van der Waals surface area contributed by atoms with Crippen molar-refractivity contribution in [2.75, 3.05) is 24.8 Å². The van der Waals surface area contributed by atoms with E-state index >= 15 is 0 Å². The van der Waals surface area contributed by atoms with E-state index in [0.29, 0.717) is 24.2 Å². The number of carbonyl (C=O) groups is 1. The average Bonchev–Trinajstić information content (AvgIpc) is 2.90. The van der Waals surface area contributed by atoms with Gasteiger partial charge in [-0.1, -0.05) is 6.07 Å². The van der Waals surface area contributed by atoms with Crippen LogP contribution in [0.15, 0.2) is 23.1 Å². The highest BCUT2D eigenvalue weighted by molar-refractivity contribution is 7.98.